The van der Waals surface area contributed by atoms with Crippen molar-refractivity contribution in [3.8, 4) is 0 Å². The number of hydrogen-bond acceptors (Lipinski definition) is 0. The first-order valence-corrected chi connectivity index (χ1v) is 5.22. The van der Waals surface area contributed by atoms with Crippen molar-refractivity contribution in [1.29, 1.82) is 0 Å². The molecule has 0 radical (unpaired) electrons. The average molecular weight is 146 g/mol. The fraction of sp³-hybridized carbons (Fsp3) is 1.00. The van der Waals surface area contributed by atoms with E-state index in [1.807, 2.05) is 0 Å². The summed E-state index contributed by atoms with van der Waals surface area (Å²) in [6, 6.07) is 0. The van der Waals surface area contributed by atoms with Crippen LogP contribution >= 0.6 is 0 Å². The SMILES string of the molecule is CC12[C@@H]3C4CC([C@H]31)[C@H]1[C@@H]4C12C. The van der Waals surface area contributed by atoms with Gasteiger partial charge in [0.05, 0.1) is 0 Å². The zero-order valence-corrected chi connectivity index (χ0v) is 7.17. The van der Waals surface area contributed by atoms with Crippen LogP contribution in [0.3, 0.4) is 0 Å². The van der Waals surface area contributed by atoms with Gasteiger partial charge in [0.15, 0.2) is 0 Å². The summed E-state index contributed by atoms with van der Waals surface area (Å²) in [5.74, 6) is 7.37. The molecular weight excluding hydrogens is 132 g/mol. The topological polar surface area (TPSA) is 0 Å². The van der Waals surface area contributed by atoms with Gasteiger partial charge in [0.2, 0.25) is 0 Å². The van der Waals surface area contributed by atoms with Crippen LogP contribution in [0.1, 0.15) is 20.3 Å². The average Bonchev–Trinajstić information content (AvgIpc) is 2.66. The van der Waals surface area contributed by atoms with Crippen LogP contribution < -0.4 is 0 Å². The summed E-state index contributed by atoms with van der Waals surface area (Å²) in [4.78, 5) is 0. The molecule has 0 nitrogen and oxygen atoms in total. The van der Waals surface area contributed by atoms with Crippen molar-refractivity contribution >= 4 is 0 Å². The molecule has 8 atom stereocenters. The van der Waals surface area contributed by atoms with Crippen LogP contribution in [-0.2, 0) is 0 Å². The molecule has 6 rings (SSSR count). The molecule has 0 aromatic heterocycles. The second-order valence-corrected chi connectivity index (χ2v) is 6.23. The highest BCUT2D eigenvalue weighted by molar-refractivity contribution is 5.47. The Morgan fingerprint density at radius 2 is 1.18 bits per heavy atom. The first-order chi connectivity index (χ1) is 5.22. The monoisotopic (exact) mass is 146 g/mol. The molecule has 2 bridgehead atoms. The van der Waals surface area contributed by atoms with Crippen LogP contribution in [0, 0.1) is 46.3 Å². The first-order valence-electron chi connectivity index (χ1n) is 5.22. The zero-order chi connectivity index (χ0) is 7.17. The lowest BCUT2D eigenvalue weighted by Crippen LogP contribution is -2.09. The second-order valence-electron chi connectivity index (χ2n) is 6.23. The Bertz CT molecular complexity index is 240. The first kappa shape index (κ1) is 4.89. The normalized spacial score (nSPS) is 96.5. The van der Waals surface area contributed by atoms with E-state index in [-0.39, 0.29) is 0 Å². The zero-order valence-electron chi connectivity index (χ0n) is 7.17. The molecule has 0 aromatic carbocycles. The van der Waals surface area contributed by atoms with Gasteiger partial charge in [-0.25, -0.2) is 0 Å². The Labute approximate surface area is 67.4 Å². The van der Waals surface area contributed by atoms with Crippen molar-refractivity contribution in [3.05, 3.63) is 0 Å². The maximum absolute atomic E-state index is 2.61. The van der Waals surface area contributed by atoms with E-state index in [0.717, 1.165) is 10.8 Å². The van der Waals surface area contributed by atoms with Gasteiger partial charge in [-0.15, -0.1) is 0 Å². The van der Waals surface area contributed by atoms with E-state index < -0.39 is 0 Å². The molecule has 6 aliphatic carbocycles. The third-order valence-electron chi connectivity index (χ3n) is 6.88. The van der Waals surface area contributed by atoms with Crippen molar-refractivity contribution in [2.24, 2.45) is 46.3 Å². The van der Waals surface area contributed by atoms with Crippen molar-refractivity contribution < 1.29 is 0 Å². The van der Waals surface area contributed by atoms with Crippen LogP contribution in [0.5, 0.6) is 0 Å². The van der Waals surface area contributed by atoms with E-state index in [9.17, 15) is 0 Å². The molecule has 4 unspecified atom stereocenters. The van der Waals surface area contributed by atoms with Crippen LogP contribution in [-0.4, -0.2) is 0 Å². The highest BCUT2D eigenvalue weighted by atomic mass is 15.0. The predicted molar refractivity (Wildman–Crippen MR) is 41.8 cm³/mol. The molecule has 0 heteroatoms. The minimum atomic E-state index is 0.885. The standard InChI is InChI=1S/C11H14/c1-10-6-4-3-5(7(6)10)9-8(4)11(9,10)2/h4-9H,3H2,1-2H3/t4?,5?,6-,7-,8-,9+,10?,11?/m1/s1. The van der Waals surface area contributed by atoms with E-state index in [2.05, 4.69) is 13.8 Å². The largest absolute Gasteiger partial charge is 0.0585 e. The minimum absolute atomic E-state index is 0.885. The molecule has 6 aliphatic rings. The van der Waals surface area contributed by atoms with Crippen molar-refractivity contribution in [1.82, 2.24) is 0 Å². The minimum Gasteiger partial charge on any atom is -0.0585 e. The fourth-order valence-electron chi connectivity index (χ4n) is 6.79. The molecule has 6 saturated carbocycles. The van der Waals surface area contributed by atoms with Gasteiger partial charge in [0.1, 0.15) is 0 Å². The Kier molecular flexibility index (Phi) is 0.375. The van der Waals surface area contributed by atoms with Gasteiger partial charge < -0.3 is 0 Å². The van der Waals surface area contributed by atoms with Gasteiger partial charge in [-0.3, -0.25) is 0 Å². The summed E-state index contributed by atoms with van der Waals surface area (Å²) in [5.41, 5.74) is 1.77. The number of rotatable bonds is 0. The molecule has 0 aromatic rings. The van der Waals surface area contributed by atoms with Gasteiger partial charge in [0, 0.05) is 0 Å². The van der Waals surface area contributed by atoms with Crippen molar-refractivity contribution in [3.63, 3.8) is 0 Å². The van der Waals surface area contributed by atoms with Crippen LogP contribution in [0.15, 0.2) is 0 Å². The van der Waals surface area contributed by atoms with E-state index in [4.69, 9.17) is 0 Å². The van der Waals surface area contributed by atoms with Gasteiger partial charge in [-0.05, 0) is 52.8 Å². The Morgan fingerprint density at radius 1 is 0.818 bits per heavy atom. The van der Waals surface area contributed by atoms with E-state index in [0.29, 0.717) is 0 Å². The van der Waals surface area contributed by atoms with Crippen LogP contribution in [0.4, 0.5) is 0 Å². The summed E-state index contributed by atoms with van der Waals surface area (Å²) in [5, 5.41) is 0. The lowest BCUT2D eigenvalue weighted by atomic mass is 9.90. The number of hydrogen-bond donors (Lipinski definition) is 0. The second kappa shape index (κ2) is 0.843. The third-order valence-corrected chi connectivity index (χ3v) is 6.88. The van der Waals surface area contributed by atoms with E-state index >= 15 is 0 Å². The highest BCUT2D eigenvalue weighted by Gasteiger charge is 3.00. The Hall–Kier alpha value is 0. The molecule has 6 fully saturated rings. The van der Waals surface area contributed by atoms with Crippen molar-refractivity contribution in [2.45, 2.75) is 20.3 Å². The smallest absolute Gasteiger partial charge is 0.0198 e. The lowest BCUT2D eigenvalue weighted by Gasteiger charge is -2.14. The van der Waals surface area contributed by atoms with Crippen molar-refractivity contribution in [2.75, 3.05) is 0 Å². The molecule has 0 heterocycles. The molecule has 0 N–H and O–H groups in total. The predicted octanol–water partition coefficient (Wildman–Crippen LogP) is 2.15. The van der Waals surface area contributed by atoms with Gasteiger partial charge in [-0.1, -0.05) is 13.8 Å². The molecule has 0 aliphatic heterocycles. The van der Waals surface area contributed by atoms with Crippen LogP contribution in [0.25, 0.3) is 0 Å². The third kappa shape index (κ3) is 0.197. The van der Waals surface area contributed by atoms with Gasteiger partial charge in [-0.2, -0.15) is 0 Å². The Morgan fingerprint density at radius 3 is 1.36 bits per heavy atom. The fourth-order valence-corrected chi connectivity index (χ4v) is 6.79. The molecule has 11 heavy (non-hydrogen) atoms. The summed E-state index contributed by atoms with van der Waals surface area (Å²) < 4.78 is 0. The van der Waals surface area contributed by atoms with E-state index in [1.165, 1.54) is 35.5 Å². The summed E-state index contributed by atoms with van der Waals surface area (Å²) in [7, 11) is 0. The molecule has 0 spiro atoms. The maximum atomic E-state index is 2.61. The summed E-state index contributed by atoms with van der Waals surface area (Å²) >= 11 is 0. The maximum Gasteiger partial charge on any atom is -0.0198 e. The highest BCUT2D eigenvalue weighted by Crippen LogP contribution is 3.04. The lowest BCUT2D eigenvalue weighted by molar-refractivity contribution is 0.330. The summed E-state index contributed by atoms with van der Waals surface area (Å²) in [6.45, 7) is 5.21. The molecule has 0 saturated heterocycles. The quantitative estimate of drug-likeness (QED) is 0.491. The van der Waals surface area contributed by atoms with Gasteiger partial charge in [0.25, 0.3) is 0 Å². The Balaban J connectivity index is 1.96. The van der Waals surface area contributed by atoms with E-state index in [1.54, 1.807) is 6.42 Å². The summed E-state index contributed by atoms with van der Waals surface area (Å²) in [6.07, 6.45) is 1.65. The van der Waals surface area contributed by atoms with Crippen LogP contribution in [0.2, 0.25) is 0 Å². The molecular formula is C11H14. The molecule has 58 valence electrons. The van der Waals surface area contributed by atoms with Gasteiger partial charge >= 0.3 is 0 Å². The molecule has 0 amide bonds.